The Balaban J connectivity index is 1.84. The molecule has 5 heteroatoms. The van der Waals surface area contributed by atoms with Gasteiger partial charge < -0.3 is 9.55 Å². The summed E-state index contributed by atoms with van der Waals surface area (Å²) >= 11 is 0. The number of para-hydroxylation sites is 1. The van der Waals surface area contributed by atoms with Crippen molar-refractivity contribution < 1.29 is 0 Å². The average molecular weight is 300 g/mol. The topological polar surface area (TPSA) is 74.5 Å². The summed E-state index contributed by atoms with van der Waals surface area (Å²) in [6, 6.07) is 16.9. The Morgan fingerprint density at radius 3 is 2.70 bits per heavy atom. The van der Waals surface area contributed by atoms with Crippen LogP contribution in [0.2, 0.25) is 0 Å². The molecule has 0 amide bonds. The number of hydrogen-bond donors (Lipinski definition) is 1. The normalized spacial score (nSPS) is 10.9. The van der Waals surface area contributed by atoms with Crippen LogP contribution in [0.1, 0.15) is 11.1 Å². The lowest BCUT2D eigenvalue weighted by molar-refractivity contribution is 0.815. The summed E-state index contributed by atoms with van der Waals surface area (Å²) < 4.78 is 1.91. The maximum absolute atomic E-state index is 12.5. The lowest BCUT2D eigenvalue weighted by Gasteiger charge is -2.05. The maximum Gasteiger partial charge on any atom is 0.217 e. The van der Waals surface area contributed by atoms with E-state index in [0.717, 1.165) is 11.1 Å². The highest BCUT2D eigenvalue weighted by molar-refractivity contribution is 5.89. The Labute approximate surface area is 131 Å². The predicted octanol–water partition coefficient (Wildman–Crippen LogP) is 2.80. The van der Waals surface area contributed by atoms with E-state index in [-0.39, 0.29) is 5.43 Å². The van der Waals surface area contributed by atoms with Crippen molar-refractivity contribution in [1.29, 1.82) is 5.26 Å². The molecule has 23 heavy (non-hydrogen) atoms. The number of hydrogen-bond acceptors (Lipinski definition) is 3. The highest BCUT2D eigenvalue weighted by atomic mass is 16.1. The van der Waals surface area contributed by atoms with Crippen molar-refractivity contribution in [2.45, 2.75) is 6.54 Å². The minimum absolute atomic E-state index is 0.0621. The van der Waals surface area contributed by atoms with Crippen LogP contribution in [0, 0.1) is 11.3 Å². The van der Waals surface area contributed by atoms with Gasteiger partial charge in [0.1, 0.15) is 5.65 Å². The third-order valence-corrected chi connectivity index (χ3v) is 3.91. The number of imidazole rings is 1. The van der Waals surface area contributed by atoms with Crippen LogP contribution in [0.5, 0.6) is 0 Å². The van der Waals surface area contributed by atoms with Crippen LogP contribution in [0.4, 0.5) is 0 Å². The Morgan fingerprint density at radius 2 is 1.91 bits per heavy atom. The second-order valence-electron chi connectivity index (χ2n) is 5.38. The Morgan fingerprint density at radius 1 is 1.13 bits per heavy atom. The monoisotopic (exact) mass is 300 g/mol. The zero-order valence-corrected chi connectivity index (χ0v) is 12.2. The number of benzene rings is 2. The lowest BCUT2D eigenvalue weighted by atomic mass is 10.1. The third-order valence-electron chi connectivity index (χ3n) is 3.91. The molecule has 0 aliphatic rings. The Hall–Kier alpha value is -3.39. The first-order valence-electron chi connectivity index (χ1n) is 7.21. The number of fused-ring (bicyclic) bond motifs is 2. The number of nitriles is 1. The van der Waals surface area contributed by atoms with E-state index in [1.54, 1.807) is 24.5 Å². The van der Waals surface area contributed by atoms with E-state index in [9.17, 15) is 4.79 Å². The van der Waals surface area contributed by atoms with E-state index in [2.05, 4.69) is 16.0 Å². The molecule has 0 atom stereocenters. The van der Waals surface area contributed by atoms with Crippen molar-refractivity contribution >= 4 is 22.1 Å². The molecule has 0 fully saturated rings. The molecule has 0 saturated heterocycles. The number of aromatic amines is 1. The molecule has 0 saturated carbocycles. The number of H-pyrrole nitrogens is 1. The van der Waals surface area contributed by atoms with Gasteiger partial charge in [-0.25, -0.2) is 4.98 Å². The molecular formula is C18H12N4O. The summed E-state index contributed by atoms with van der Waals surface area (Å²) in [5, 5.41) is 9.49. The molecule has 4 aromatic rings. The number of aromatic nitrogens is 3. The summed E-state index contributed by atoms with van der Waals surface area (Å²) in [5.41, 5.74) is 3.55. The Bertz CT molecular complexity index is 1110. The number of nitrogens with zero attached hydrogens (tertiary/aromatic N) is 3. The van der Waals surface area contributed by atoms with E-state index >= 15 is 0 Å². The summed E-state index contributed by atoms with van der Waals surface area (Å²) in [5.74, 6) is 0. The molecule has 4 rings (SSSR count). The van der Waals surface area contributed by atoms with E-state index in [0.29, 0.717) is 28.7 Å². The van der Waals surface area contributed by atoms with Crippen LogP contribution in [0.3, 0.4) is 0 Å². The largest absolute Gasteiger partial charge is 0.339 e. The lowest BCUT2D eigenvalue weighted by Crippen LogP contribution is -2.06. The summed E-state index contributed by atoms with van der Waals surface area (Å²) in [4.78, 5) is 20.1. The molecule has 0 aliphatic carbocycles. The van der Waals surface area contributed by atoms with E-state index in [4.69, 9.17) is 5.26 Å². The van der Waals surface area contributed by atoms with Gasteiger partial charge in [-0.05, 0) is 29.8 Å². The molecular weight excluding hydrogens is 288 g/mol. The van der Waals surface area contributed by atoms with Crippen LogP contribution < -0.4 is 5.43 Å². The summed E-state index contributed by atoms with van der Waals surface area (Å²) in [7, 11) is 0. The van der Waals surface area contributed by atoms with Crippen molar-refractivity contribution in [2.24, 2.45) is 0 Å². The van der Waals surface area contributed by atoms with Gasteiger partial charge in [0, 0.05) is 5.39 Å². The average Bonchev–Trinajstić information content (AvgIpc) is 2.99. The number of pyridine rings is 1. The Kier molecular flexibility index (Phi) is 2.95. The van der Waals surface area contributed by atoms with Gasteiger partial charge >= 0.3 is 0 Å². The zero-order chi connectivity index (χ0) is 15.8. The quantitative estimate of drug-likeness (QED) is 0.618. The molecule has 2 heterocycles. The maximum atomic E-state index is 12.5. The van der Waals surface area contributed by atoms with Gasteiger partial charge in [-0.2, -0.15) is 5.26 Å². The zero-order valence-electron chi connectivity index (χ0n) is 12.2. The molecule has 110 valence electrons. The van der Waals surface area contributed by atoms with Crippen LogP contribution in [-0.4, -0.2) is 14.5 Å². The van der Waals surface area contributed by atoms with Crippen molar-refractivity contribution in [3.8, 4) is 6.07 Å². The van der Waals surface area contributed by atoms with Crippen LogP contribution in [-0.2, 0) is 6.54 Å². The standard InChI is InChI=1S/C18H12N4O/c19-9-12-5-7-13(8-6-12)10-22-11-20-16-17(23)14-3-1-2-4-15(14)21-18(16)22/h1-8,11H,10H2,(H,21,23). The summed E-state index contributed by atoms with van der Waals surface area (Å²) in [6.07, 6.45) is 1.67. The molecule has 0 unspecified atom stereocenters. The van der Waals surface area contributed by atoms with Crippen LogP contribution >= 0.6 is 0 Å². The van der Waals surface area contributed by atoms with Gasteiger partial charge in [0.25, 0.3) is 0 Å². The smallest absolute Gasteiger partial charge is 0.217 e. The minimum atomic E-state index is -0.0621. The fraction of sp³-hybridized carbons (Fsp3) is 0.0556. The van der Waals surface area contributed by atoms with E-state index in [1.165, 1.54) is 0 Å². The third kappa shape index (κ3) is 2.17. The molecule has 5 nitrogen and oxygen atoms in total. The number of rotatable bonds is 2. The first kappa shape index (κ1) is 13.3. The fourth-order valence-corrected chi connectivity index (χ4v) is 2.73. The van der Waals surface area contributed by atoms with Crippen LogP contribution in [0.15, 0.2) is 59.7 Å². The van der Waals surface area contributed by atoms with Crippen molar-refractivity contribution in [3.05, 3.63) is 76.2 Å². The van der Waals surface area contributed by atoms with Crippen molar-refractivity contribution in [3.63, 3.8) is 0 Å². The van der Waals surface area contributed by atoms with Gasteiger partial charge in [0.2, 0.25) is 5.43 Å². The van der Waals surface area contributed by atoms with Gasteiger partial charge in [-0.1, -0.05) is 24.3 Å². The van der Waals surface area contributed by atoms with E-state index < -0.39 is 0 Å². The minimum Gasteiger partial charge on any atom is -0.339 e. The predicted molar refractivity (Wildman–Crippen MR) is 88.1 cm³/mol. The molecule has 2 aromatic heterocycles. The second kappa shape index (κ2) is 5.11. The molecule has 1 N–H and O–H groups in total. The van der Waals surface area contributed by atoms with Crippen molar-refractivity contribution in [2.75, 3.05) is 0 Å². The second-order valence-corrected chi connectivity index (χ2v) is 5.38. The summed E-state index contributed by atoms with van der Waals surface area (Å²) in [6.45, 7) is 0.580. The molecule has 0 bridgehead atoms. The van der Waals surface area contributed by atoms with Crippen molar-refractivity contribution in [1.82, 2.24) is 14.5 Å². The van der Waals surface area contributed by atoms with Gasteiger partial charge in [-0.3, -0.25) is 4.79 Å². The van der Waals surface area contributed by atoms with Gasteiger partial charge in [0.05, 0.1) is 30.0 Å². The van der Waals surface area contributed by atoms with Gasteiger partial charge in [-0.15, -0.1) is 0 Å². The van der Waals surface area contributed by atoms with E-state index in [1.807, 2.05) is 34.9 Å². The molecule has 0 radical (unpaired) electrons. The number of nitrogens with one attached hydrogen (secondary N) is 1. The first-order valence-corrected chi connectivity index (χ1v) is 7.21. The van der Waals surface area contributed by atoms with Gasteiger partial charge in [0.15, 0.2) is 5.52 Å². The highest BCUT2D eigenvalue weighted by Crippen LogP contribution is 2.15. The highest BCUT2D eigenvalue weighted by Gasteiger charge is 2.10. The molecule has 2 aromatic carbocycles. The molecule has 0 aliphatic heterocycles. The molecule has 0 spiro atoms. The SMILES string of the molecule is N#Cc1ccc(Cn2cnc3c(=O)c4ccccc4[nH]c32)cc1. The fourth-order valence-electron chi connectivity index (χ4n) is 2.73. The first-order chi connectivity index (χ1) is 11.3. The van der Waals surface area contributed by atoms with Crippen LogP contribution in [0.25, 0.3) is 22.1 Å².